The van der Waals surface area contributed by atoms with Gasteiger partial charge in [-0.1, -0.05) is 0 Å². The van der Waals surface area contributed by atoms with Crippen LogP contribution in [0.1, 0.15) is 23.0 Å². The summed E-state index contributed by atoms with van der Waals surface area (Å²) >= 11 is 0. The van der Waals surface area contributed by atoms with Crippen LogP contribution in [0, 0.1) is 0 Å². The molecule has 3 aromatic rings. The average molecular weight is 365 g/mol. The first-order valence-corrected chi connectivity index (χ1v) is 8.71. The van der Waals surface area contributed by atoms with Crippen LogP contribution in [0.3, 0.4) is 0 Å². The molecule has 138 valence electrons. The fourth-order valence-electron chi connectivity index (χ4n) is 2.86. The van der Waals surface area contributed by atoms with Crippen LogP contribution in [0.15, 0.2) is 47.6 Å². The van der Waals surface area contributed by atoms with Crippen LogP contribution in [0.5, 0.6) is 17.2 Å². The first kappa shape index (κ1) is 17.0. The Morgan fingerprint density at radius 3 is 2.89 bits per heavy atom. The van der Waals surface area contributed by atoms with Gasteiger partial charge in [-0.2, -0.15) is 5.10 Å². The summed E-state index contributed by atoms with van der Waals surface area (Å²) in [5.41, 5.74) is 4.62. The Hall–Kier alpha value is -3.48. The van der Waals surface area contributed by atoms with Gasteiger partial charge in [0.15, 0.2) is 11.5 Å². The molecule has 2 aromatic carbocycles. The van der Waals surface area contributed by atoms with E-state index in [0.29, 0.717) is 37.0 Å². The number of amides is 1. The van der Waals surface area contributed by atoms with E-state index in [1.54, 1.807) is 12.3 Å². The average Bonchev–Trinajstić information content (AvgIpc) is 3.12. The van der Waals surface area contributed by atoms with Gasteiger partial charge in [0, 0.05) is 10.9 Å². The second-order valence-corrected chi connectivity index (χ2v) is 5.97. The fourth-order valence-corrected chi connectivity index (χ4v) is 2.86. The van der Waals surface area contributed by atoms with Crippen molar-refractivity contribution in [3.63, 3.8) is 0 Å². The Morgan fingerprint density at radius 1 is 1.19 bits per heavy atom. The number of aromatic nitrogens is 1. The zero-order chi connectivity index (χ0) is 18.6. The number of nitrogens with one attached hydrogen (secondary N) is 2. The molecule has 0 fully saturated rings. The number of hydrogen-bond acceptors (Lipinski definition) is 5. The second-order valence-electron chi connectivity index (χ2n) is 5.97. The predicted octanol–water partition coefficient (Wildman–Crippen LogP) is 3.10. The van der Waals surface area contributed by atoms with Gasteiger partial charge >= 0.3 is 0 Å². The molecule has 2 heterocycles. The first-order chi connectivity index (χ1) is 13.2. The monoisotopic (exact) mass is 365 g/mol. The third-order valence-electron chi connectivity index (χ3n) is 4.09. The number of rotatable bonds is 5. The van der Waals surface area contributed by atoms with E-state index in [1.165, 1.54) is 0 Å². The van der Waals surface area contributed by atoms with Crippen LogP contribution in [0.4, 0.5) is 0 Å². The zero-order valence-corrected chi connectivity index (χ0v) is 14.8. The van der Waals surface area contributed by atoms with Gasteiger partial charge < -0.3 is 19.2 Å². The molecule has 0 saturated heterocycles. The minimum absolute atomic E-state index is 0.321. The van der Waals surface area contributed by atoms with Crippen molar-refractivity contribution in [2.45, 2.75) is 6.92 Å². The molecule has 2 N–H and O–H groups in total. The molecule has 0 aliphatic carbocycles. The highest BCUT2D eigenvalue weighted by atomic mass is 16.6. The van der Waals surface area contributed by atoms with Crippen LogP contribution < -0.4 is 19.6 Å². The van der Waals surface area contributed by atoms with Crippen molar-refractivity contribution in [2.24, 2.45) is 5.10 Å². The molecule has 0 radical (unpaired) electrons. The highest BCUT2D eigenvalue weighted by Crippen LogP contribution is 2.30. The Balaban J connectivity index is 1.44. The lowest BCUT2D eigenvalue weighted by Crippen LogP contribution is -2.18. The predicted molar refractivity (Wildman–Crippen MR) is 102 cm³/mol. The molecule has 4 rings (SSSR count). The summed E-state index contributed by atoms with van der Waals surface area (Å²) in [6.07, 6.45) is 1.56. The summed E-state index contributed by atoms with van der Waals surface area (Å²) in [4.78, 5) is 15.4. The second kappa shape index (κ2) is 7.41. The van der Waals surface area contributed by atoms with Crippen LogP contribution >= 0.6 is 0 Å². The molecule has 7 nitrogen and oxygen atoms in total. The Labute approximate surface area is 155 Å². The third-order valence-corrected chi connectivity index (χ3v) is 4.09. The highest BCUT2D eigenvalue weighted by Gasteiger charge is 2.12. The Bertz CT molecular complexity index is 1010. The van der Waals surface area contributed by atoms with Crippen LogP contribution in [-0.4, -0.2) is 36.9 Å². The van der Waals surface area contributed by atoms with E-state index < -0.39 is 0 Å². The van der Waals surface area contributed by atoms with Crippen LogP contribution in [0.25, 0.3) is 10.9 Å². The smallest absolute Gasteiger partial charge is 0.287 e. The van der Waals surface area contributed by atoms with Crippen molar-refractivity contribution >= 4 is 23.0 Å². The van der Waals surface area contributed by atoms with E-state index in [-0.39, 0.29) is 5.91 Å². The van der Waals surface area contributed by atoms with Gasteiger partial charge in [0.2, 0.25) is 0 Å². The molecule has 7 heteroatoms. The van der Waals surface area contributed by atoms with E-state index in [4.69, 9.17) is 14.2 Å². The number of benzene rings is 2. The fraction of sp³-hybridized carbons (Fsp3) is 0.200. The van der Waals surface area contributed by atoms with Gasteiger partial charge in [0.25, 0.3) is 5.91 Å². The van der Waals surface area contributed by atoms with E-state index in [9.17, 15) is 4.79 Å². The molecule has 0 unspecified atom stereocenters. The normalized spacial score (nSPS) is 13.1. The molecule has 1 aliphatic heterocycles. The van der Waals surface area contributed by atoms with Crippen molar-refractivity contribution in [3.05, 3.63) is 53.7 Å². The summed E-state index contributed by atoms with van der Waals surface area (Å²) in [6.45, 7) is 3.60. The third kappa shape index (κ3) is 3.72. The number of hydrogen-bond donors (Lipinski definition) is 2. The van der Waals surface area contributed by atoms with Gasteiger partial charge in [-0.15, -0.1) is 0 Å². The van der Waals surface area contributed by atoms with Gasteiger partial charge in [-0.3, -0.25) is 4.79 Å². The molecule has 0 bridgehead atoms. The number of nitrogens with zero attached hydrogens (tertiary/aromatic N) is 1. The standard InChI is InChI=1S/C20H19N3O4/c1-2-25-15-4-5-16-14(10-15)11-17(22-16)20(24)23-21-12-13-3-6-18-19(9-13)27-8-7-26-18/h3-6,9-12,22H,2,7-8H2,1H3,(H,23,24). The number of fused-ring (bicyclic) bond motifs is 2. The number of carbonyl (C=O) groups excluding carboxylic acids is 1. The van der Waals surface area contributed by atoms with Crippen molar-refractivity contribution in [3.8, 4) is 17.2 Å². The van der Waals surface area contributed by atoms with E-state index in [0.717, 1.165) is 22.2 Å². The summed E-state index contributed by atoms with van der Waals surface area (Å²) in [7, 11) is 0. The number of carbonyl (C=O) groups is 1. The summed E-state index contributed by atoms with van der Waals surface area (Å²) in [5, 5.41) is 4.92. The largest absolute Gasteiger partial charge is 0.494 e. The molecule has 0 saturated carbocycles. The summed E-state index contributed by atoms with van der Waals surface area (Å²) < 4.78 is 16.5. The lowest BCUT2D eigenvalue weighted by atomic mass is 10.2. The maximum absolute atomic E-state index is 12.3. The van der Waals surface area contributed by atoms with Crippen molar-refractivity contribution in [1.82, 2.24) is 10.4 Å². The van der Waals surface area contributed by atoms with Gasteiger partial charge in [-0.05, 0) is 55.0 Å². The first-order valence-electron chi connectivity index (χ1n) is 8.71. The van der Waals surface area contributed by atoms with Crippen molar-refractivity contribution in [1.29, 1.82) is 0 Å². The highest BCUT2D eigenvalue weighted by molar-refractivity contribution is 5.98. The molecule has 1 aromatic heterocycles. The zero-order valence-electron chi connectivity index (χ0n) is 14.8. The number of aromatic amines is 1. The lowest BCUT2D eigenvalue weighted by Gasteiger charge is -2.18. The molecule has 0 spiro atoms. The number of ether oxygens (including phenoxy) is 3. The van der Waals surface area contributed by atoms with E-state index >= 15 is 0 Å². The van der Waals surface area contributed by atoms with Gasteiger partial charge in [0.1, 0.15) is 24.7 Å². The summed E-state index contributed by atoms with van der Waals surface area (Å²) in [5.74, 6) is 1.84. The minimum Gasteiger partial charge on any atom is -0.494 e. The number of H-pyrrole nitrogens is 1. The quantitative estimate of drug-likeness (QED) is 0.537. The summed E-state index contributed by atoms with van der Waals surface area (Å²) in [6, 6.07) is 12.9. The molecular weight excluding hydrogens is 346 g/mol. The Morgan fingerprint density at radius 2 is 2.04 bits per heavy atom. The molecule has 1 aliphatic rings. The van der Waals surface area contributed by atoms with Crippen molar-refractivity contribution < 1.29 is 19.0 Å². The lowest BCUT2D eigenvalue weighted by molar-refractivity contribution is 0.0951. The van der Waals surface area contributed by atoms with Crippen molar-refractivity contribution in [2.75, 3.05) is 19.8 Å². The minimum atomic E-state index is -0.321. The maximum atomic E-state index is 12.3. The Kier molecular flexibility index (Phi) is 4.65. The van der Waals surface area contributed by atoms with Gasteiger partial charge in [0.05, 0.1) is 12.8 Å². The topological polar surface area (TPSA) is 84.9 Å². The molecular formula is C20H19N3O4. The van der Waals surface area contributed by atoms with E-state index in [1.807, 2.05) is 43.3 Å². The number of hydrazone groups is 1. The molecule has 1 amide bonds. The van der Waals surface area contributed by atoms with Gasteiger partial charge in [-0.25, -0.2) is 5.43 Å². The maximum Gasteiger partial charge on any atom is 0.287 e. The SMILES string of the molecule is CCOc1ccc2[nH]c(C(=O)NN=Cc3ccc4c(c3)OCCO4)cc2c1. The molecule has 27 heavy (non-hydrogen) atoms. The van der Waals surface area contributed by atoms with Crippen LogP contribution in [-0.2, 0) is 0 Å². The van der Waals surface area contributed by atoms with E-state index in [2.05, 4.69) is 15.5 Å². The molecule has 0 atom stereocenters. The van der Waals surface area contributed by atoms with Crippen LogP contribution in [0.2, 0.25) is 0 Å².